The number of hydrogen-bond acceptors (Lipinski definition) is 6. The molecular weight excluding hydrogens is 440 g/mol. The number of fused-ring (bicyclic) bond motifs is 1. The summed E-state index contributed by atoms with van der Waals surface area (Å²) in [5, 5.41) is 4.50. The fraction of sp³-hybridized carbons (Fsp3) is 0.250. The third-order valence-corrected chi connectivity index (χ3v) is 6.23. The number of benzene rings is 1. The Morgan fingerprint density at radius 1 is 1.00 bits per heavy atom. The van der Waals surface area contributed by atoms with E-state index in [1.54, 1.807) is 22.9 Å². The van der Waals surface area contributed by atoms with E-state index in [0.717, 1.165) is 24.3 Å². The first-order chi connectivity index (χ1) is 16.0. The van der Waals surface area contributed by atoms with E-state index in [9.17, 15) is 9.59 Å². The SMILES string of the molecule is Cc1ccn2c(=O)cc(CN3CCN(c4cnn(-c5ccccc5)c(=O)c4Cl)CC3)nc2c1. The zero-order chi connectivity index (χ0) is 22.9. The summed E-state index contributed by atoms with van der Waals surface area (Å²) in [5.41, 5.74) is 3.38. The first-order valence-corrected chi connectivity index (χ1v) is 11.2. The van der Waals surface area contributed by atoms with Crippen molar-refractivity contribution in [2.75, 3.05) is 31.1 Å². The molecule has 0 N–H and O–H groups in total. The van der Waals surface area contributed by atoms with Gasteiger partial charge in [-0.25, -0.2) is 4.98 Å². The molecule has 0 amide bonds. The zero-order valence-corrected chi connectivity index (χ0v) is 18.9. The summed E-state index contributed by atoms with van der Waals surface area (Å²) in [6.07, 6.45) is 3.41. The van der Waals surface area contributed by atoms with Crippen molar-refractivity contribution in [3.05, 3.63) is 97.9 Å². The first kappa shape index (κ1) is 21.4. The van der Waals surface area contributed by atoms with Crippen LogP contribution in [0.3, 0.4) is 0 Å². The molecule has 33 heavy (non-hydrogen) atoms. The number of pyridine rings is 1. The number of nitrogens with zero attached hydrogens (tertiary/aromatic N) is 6. The highest BCUT2D eigenvalue weighted by molar-refractivity contribution is 6.33. The van der Waals surface area contributed by atoms with Crippen LogP contribution in [-0.4, -0.2) is 50.2 Å². The third-order valence-electron chi connectivity index (χ3n) is 5.88. The van der Waals surface area contributed by atoms with Crippen LogP contribution in [0.2, 0.25) is 5.02 Å². The highest BCUT2D eigenvalue weighted by Gasteiger charge is 2.22. The van der Waals surface area contributed by atoms with Crippen molar-refractivity contribution in [3.63, 3.8) is 0 Å². The molecular formula is C24H23ClN6O2. The molecule has 1 aliphatic rings. The van der Waals surface area contributed by atoms with Gasteiger partial charge in [-0.3, -0.25) is 18.9 Å². The Hall–Kier alpha value is -3.49. The maximum Gasteiger partial charge on any atom is 0.292 e. The van der Waals surface area contributed by atoms with Gasteiger partial charge in [0.1, 0.15) is 10.7 Å². The van der Waals surface area contributed by atoms with Crippen LogP contribution in [0.5, 0.6) is 0 Å². The van der Waals surface area contributed by atoms with Gasteiger partial charge >= 0.3 is 0 Å². The van der Waals surface area contributed by atoms with Crippen LogP contribution < -0.4 is 16.0 Å². The van der Waals surface area contributed by atoms with Gasteiger partial charge in [-0.15, -0.1) is 0 Å². The number of aromatic nitrogens is 4. The van der Waals surface area contributed by atoms with E-state index in [1.165, 1.54) is 4.68 Å². The Labute approximate surface area is 195 Å². The second-order valence-corrected chi connectivity index (χ2v) is 8.56. The topological polar surface area (TPSA) is 75.7 Å². The van der Waals surface area contributed by atoms with Gasteiger partial charge in [0.2, 0.25) is 0 Å². The molecule has 0 aliphatic carbocycles. The first-order valence-electron chi connectivity index (χ1n) is 10.8. The number of rotatable bonds is 4. The Kier molecular flexibility index (Phi) is 5.70. The number of anilines is 1. The second kappa shape index (κ2) is 8.80. The standard InChI is InChI=1S/C24H23ClN6O2/c1-17-7-8-30-21(13-17)27-18(14-22(30)32)16-28-9-11-29(12-10-28)20-15-26-31(24(33)23(20)25)19-5-3-2-4-6-19/h2-8,13-15H,9-12,16H2,1H3. The molecule has 4 heterocycles. The minimum absolute atomic E-state index is 0.0783. The average Bonchev–Trinajstić information content (AvgIpc) is 2.82. The number of para-hydroxylation sites is 1. The van der Waals surface area contributed by atoms with Crippen LogP contribution in [0.4, 0.5) is 5.69 Å². The van der Waals surface area contributed by atoms with Gasteiger partial charge in [-0.05, 0) is 36.8 Å². The molecule has 3 aromatic heterocycles. The molecule has 168 valence electrons. The molecule has 0 bridgehead atoms. The van der Waals surface area contributed by atoms with Crippen molar-refractivity contribution in [2.24, 2.45) is 0 Å². The molecule has 5 rings (SSSR count). The van der Waals surface area contributed by atoms with Crippen LogP contribution >= 0.6 is 11.6 Å². The van der Waals surface area contributed by atoms with Crippen molar-refractivity contribution < 1.29 is 0 Å². The molecule has 1 fully saturated rings. The molecule has 1 aromatic carbocycles. The third kappa shape index (κ3) is 4.27. The molecule has 1 aliphatic heterocycles. The number of aryl methyl sites for hydroxylation is 1. The lowest BCUT2D eigenvalue weighted by Gasteiger charge is -2.36. The zero-order valence-electron chi connectivity index (χ0n) is 18.2. The van der Waals surface area contributed by atoms with Crippen molar-refractivity contribution in [3.8, 4) is 5.69 Å². The fourth-order valence-electron chi connectivity index (χ4n) is 4.11. The van der Waals surface area contributed by atoms with Crippen LogP contribution in [0.15, 0.2) is 70.5 Å². The number of piperazine rings is 1. The average molecular weight is 463 g/mol. The van der Waals surface area contributed by atoms with Crippen LogP contribution in [0.25, 0.3) is 11.3 Å². The Balaban J connectivity index is 1.30. The minimum atomic E-state index is -0.334. The van der Waals surface area contributed by atoms with Gasteiger partial charge in [0, 0.05) is 45.0 Å². The van der Waals surface area contributed by atoms with E-state index >= 15 is 0 Å². The van der Waals surface area contributed by atoms with Crippen LogP contribution in [0, 0.1) is 6.92 Å². The summed E-state index contributed by atoms with van der Waals surface area (Å²) in [7, 11) is 0. The van der Waals surface area contributed by atoms with Gasteiger partial charge in [-0.2, -0.15) is 9.78 Å². The van der Waals surface area contributed by atoms with Gasteiger partial charge < -0.3 is 4.90 Å². The highest BCUT2D eigenvalue weighted by atomic mass is 35.5. The summed E-state index contributed by atoms with van der Waals surface area (Å²) in [6.45, 7) is 5.48. The normalized spacial score (nSPS) is 14.7. The van der Waals surface area contributed by atoms with E-state index in [-0.39, 0.29) is 16.1 Å². The molecule has 8 nitrogen and oxygen atoms in total. The van der Waals surface area contributed by atoms with Crippen LogP contribution in [-0.2, 0) is 6.54 Å². The Morgan fingerprint density at radius 3 is 2.52 bits per heavy atom. The minimum Gasteiger partial charge on any atom is -0.366 e. The second-order valence-electron chi connectivity index (χ2n) is 8.18. The van der Waals surface area contributed by atoms with Gasteiger partial charge in [0.15, 0.2) is 0 Å². The van der Waals surface area contributed by atoms with Crippen molar-refractivity contribution >= 4 is 22.9 Å². The largest absolute Gasteiger partial charge is 0.366 e. The Bertz CT molecular complexity index is 1420. The summed E-state index contributed by atoms with van der Waals surface area (Å²) in [6, 6.07) is 14.6. The molecule has 4 aromatic rings. The quantitative estimate of drug-likeness (QED) is 0.464. The summed E-state index contributed by atoms with van der Waals surface area (Å²) < 4.78 is 2.87. The monoisotopic (exact) mass is 462 g/mol. The van der Waals surface area contributed by atoms with E-state index < -0.39 is 0 Å². The summed E-state index contributed by atoms with van der Waals surface area (Å²) in [5.74, 6) is 0. The molecule has 1 saturated heterocycles. The lowest BCUT2D eigenvalue weighted by molar-refractivity contribution is 0.247. The number of halogens is 1. The van der Waals surface area contributed by atoms with Crippen molar-refractivity contribution in [1.29, 1.82) is 0 Å². The fourth-order valence-corrected chi connectivity index (χ4v) is 4.36. The summed E-state index contributed by atoms with van der Waals surface area (Å²) in [4.78, 5) is 34.2. The molecule has 0 spiro atoms. The van der Waals surface area contributed by atoms with Crippen molar-refractivity contribution in [1.82, 2.24) is 24.1 Å². The molecule has 9 heteroatoms. The molecule has 0 atom stereocenters. The Morgan fingerprint density at radius 2 is 1.76 bits per heavy atom. The molecule has 0 radical (unpaired) electrons. The summed E-state index contributed by atoms with van der Waals surface area (Å²) >= 11 is 6.46. The van der Waals surface area contributed by atoms with E-state index in [1.807, 2.05) is 49.4 Å². The maximum absolute atomic E-state index is 12.8. The molecule has 0 unspecified atom stereocenters. The predicted molar refractivity (Wildman–Crippen MR) is 129 cm³/mol. The number of hydrogen-bond donors (Lipinski definition) is 0. The highest BCUT2D eigenvalue weighted by Crippen LogP contribution is 2.23. The van der Waals surface area contributed by atoms with E-state index in [4.69, 9.17) is 11.6 Å². The van der Waals surface area contributed by atoms with Gasteiger partial charge in [-0.1, -0.05) is 29.8 Å². The lowest BCUT2D eigenvalue weighted by atomic mass is 10.2. The van der Waals surface area contributed by atoms with Crippen LogP contribution in [0.1, 0.15) is 11.3 Å². The lowest BCUT2D eigenvalue weighted by Crippen LogP contribution is -2.46. The van der Waals surface area contributed by atoms with Crippen molar-refractivity contribution in [2.45, 2.75) is 13.5 Å². The maximum atomic E-state index is 12.8. The van der Waals surface area contributed by atoms with E-state index in [2.05, 4.69) is 19.9 Å². The predicted octanol–water partition coefficient (Wildman–Crippen LogP) is 2.52. The van der Waals surface area contributed by atoms with E-state index in [0.29, 0.717) is 36.7 Å². The smallest absolute Gasteiger partial charge is 0.292 e. The van der Waals surface area contributed by atoms with Gasteiger partial charge in [0.05, 0.1) is 23.3 Å². The molecule has 0 saturated carbocycles. The van der Waals surface area contributed by atoms with Gasteiger partial charge in [0.25, 0.3) is 11.1 Å².